The van der Waals surface area contributed by atoms with Crippen LogP contribution < -0.4 is 15.4 Å². The molecule has 28 heavy (non-hydrogen) atoms. The molecule has 148 valence electrons. The largest absolute Gasteiger partial charge is 0.497 e. The zero-order valence-corrected chi connectivity index (χ0v) is 16.4. The molecule has 3 rings (SSSR count). The Bertz CT molecular complexity index is 781. The molecule has 0 saturated heterocycles. The van der Waals surface area contributed by atoms with Gasteiger partial charge >= 0.3 is 11.8 Å². The van der Waals surface area contributed by atoms with Crippen LogP contribution in [0.4, 0.5) is 0 Å². The number of hydrogen-bond acceptors (Lipinski definition) is 3. The Labute approximate surface area is 166 Å². The van der Waals surface area contributed by atoms with Gasteiger partial charge in [0.2, 0.25) is 0 Å². The first kappa shape index (κ1) is 19.9. The Morgan fingerprint density at radius 3 is 2.21 bits per heavy atom. The van der Waals surface area contributed by atoms with Crippen molar-refractivity contribution in [3.05, 3.63) is 65.7 Å². The van der Waals surface area contributed by atoms with E-state index in [0.29, 0.717) is 19.5 Å². The maximum atomic E-state index is 12.3. The Morgan fingerprint density at radius 1 is 0.929 bits per heavy atom. The zero-order chi connectivity index (χ0) is 19.8. The third kappa shape index (κ3) is 4.91. The molecule has 0 spiro atoms. The van der Waals surface area contributed by atoms with Crippen molar-refractivity contribution in [2.75, 3.05) is 20.2 Å². The third-order valence-corrected chi connectivity index (χ3v) is 5.60. The van der Waals surface area contributed by atoms with E-state index in [1.165, 1.54) is 5.56 Å². The molecule has 0 atom stereocenters. The van der Waals surface area contributed by atoms with Crippen LogP contribution in [-0.2, 0) is 21.4 Å². The number of amides is 2. The summed E-state index contributed by atoms with van der Waals surface area (Å²) in [4.78, 5) is 24.4. The van der Waals surface area contributed by atoms with Gasteiger partial charge in [0.05, 0.1) is 7.11 Å². The van der Waals surface area contributed by atoms with Gasteiger partial charge in [-0.3, -0.25) is 9.59 Å². The third-order valence-electron chi connectivity index (χ3n) is 5.60. The van der Waals surface area contributed by atoms with E-state index >= 15 is 0 Å². The minimum Gasteiger partial charge on any atom is -0.497 e. The summed E-state index contributed by atoms with van der Waals surface area (Å²) < 4.78 is 5.24. The van der Waals surface area contributed by atoms with E-state index in [1.807, 2.05) is 42.5 Å². The number of ether oxygens (including phenoxy) is 1. The summed E-state index contributed by atoms with van der Waals surface area (Å²) in [6.07, 6.45) is 4.98. The molecule has 0 radical (unpaired) electrons. The molecule has 0 aromatic heterocycles. The van der Waals surface area contributed by atoms with Crippen LogP contribution in [0.1, 0.15) is 36.8 Å². The van der Waals surface area contributed by atoms with Crippen LogP contribution in [0.25, 0.3) is 0 Å². The van der Waals surface area contributed by atoms with E-state index in [1.54, 1.807) is 7.11 Å². The average molecular weight is 380 g/mol. The number of rotatable bonds is 7. The number of nitrogens with one attached hydrogen (secondary N) is 2. The van der Waals surface area contributed by atoms with Crippen LogP contribution in [0.15, 0.2) is 54.6 Å². The molecule has 0 heterocycles. The Morgan fingerprint density at radius 2 is 1.57 bits per heavy atom. The smallest absolute Gasteiger partial charge is 0.309 e. The average Bonchev–Trinajstić information content (AvgIpc) is 3.23. The van der Waals surface area contributed by atoms with Gasteiger partial charge < -0.3 is 15.4 Å². The van der Waals surface area contributed by atoms with Gasteiger partial charge in [-0.2, -0.15) is 0 Å². The lowest BCUT2D eigenvalue weighted by Gasteiger charge is -2.30. The molecule has 1 saturated carbocycles. The zero-order valence-electron chi connectivity index (χ0n) is 16.4. The van der Waals surface area contributed by atoms with E-state index < -0.39 is 11.8 Å². The van der Waals surface area contributed by atoms with E-state index in [-0.39, 0.29) is 5.41 Å². The number of hydrogen-bond donors (Lipinski definition) is 2. The fourth-order valence-electron chi connectivity index (χ4n) is 3.94. The lowest BCUT2D eigenvalue weighted by molar-refractivity contribution is -0.139. The van der Waals surface area contributed by atoms with Crippen LogP contribution in [0.3, 0.4) is 0 Å². The SMILES string of the molecule is COc1ccc(C2(CNC(=O)C(=O)NCCc3ccccc3)CCCC2)cc1. The van der Waals surface area contributed by atoms with Crippen molar-refractivity contribution in [2.24, 2.45) is 0 Å². The first-order valence-electron chi connectivity index (χ1n) is 9.87. The highest BCUT2D eigenvalue weighted by molar-refractivity contribution is 6.35. The molecule has 2 aromatic carbocycles. The van der Waals surface area contributed by atoms with Gasteiger partial charge in [-0.05, 0) is 42.5 Å². The van der Waals surface area contributed by atoms with Gasteiger partial charge in [0.15, 0.2) is 0 Å². The van der Waals surface area contributed by atoms with Crippen LogP contribution in [0, 0.1) is 0 Å². The minimum atomic E-state index is -0.571. The normalized spacial score (nSPS) is 15.0. The fourth-order valence-corrected chi connectivity index (χ4v) is 3.94. The first-order valence-corrected chi connectivity index (χ1v) is 9.87. The lowest BCUT2D eigenvalue weighted by Crippen LogP contribution is -2.45. The van der Waals surface area contributed by atoms with Gasteiger partial charge in [0.25, 0.3) is 0 Å². The van der Waals surface area contributed by atoms with Crippen LogP contribution in [0.2, 0.25) is 0 Å². The maximum absolute atomic E-state index is 12.3. The predicted octanol–water partition coefficient (Wildman–Crippen LogP) is 2.98. The van der Waals surface area contributed by atoms with Gasteiger partial charge in [-0.15, -0.1) is 0 Å². The summed E-state index contributed by atoms with van der Waals surface area (Å²) in [5.74, 6) is -0.314. The molecular formula is C23H28N2O3. The molecule has 0 aliphatic heterocycles. The van der Waals surface area contributed by atoms with Crippen molar-refractivity contribution in [2.45, 2.75) is 37.5 Å². The Hall–Kier alpha value is -2.82. The number of benzene rings is 2. The van der Waals surface area contributed by atoms with E-state index in [4.69, 9.17) is 4.74 Å². The second-order valence-electron chi connectivity index (χ2n) is 7.39. The van der Waals surface area contributed by atoms with E-state index in [9.17, 15) is 9.59 Å². The molecule has 1 aliphatic carbocycles. The topological polar surface area (TPSA) is 67.4 Å². The standard InChI is InChI=1S/C23H28N2O3/c1-28-20-11-9-19(10-12-20)23(14-5-6-15-23)17-25-22(27)21(26)24-16-13-18-7-3-2-4-8-18/h2-4,7-12H,5-6,13-17H2,1H3,(H,24,26)(H,25,27). The van der Waals surface area contributed by atoms with Crippen LogP contribution in [-0.4, -0.2) is 32.0 Å². The lowest BCUT2D eigenvalue weighted by atomic mass is 9.78. The highest BCUT2D eigenvalue weighted by atomic mass is 16.5. The molecule has 5 heteroatoms. The van der Waals surface area contributed by atoms with Crippen molar-refractivity contribution < 1.29 is 14.3 Å². The summed E-state index contributed by atoms with van der Waals surface area (Å²) >= 11 is 0. The number of carbonyl (C=O) groups is 2. The first-order chi connectivity index (χ1) is 13.6. The molecule has 1 aliphatic rings. The molecule has 0 bridgehead atoms. The van der Waals surface area contributed by atoms with Crippen LogP contribution in [0.5, 0.6) is 5.75 Å². The van der Waals surface area contributed by atoms with Gasteiger partial charge in [-0.1, -0.05) is 55.3 Å². The minimum absolute atomic E-state index is 0.105. The fraction of sp³-hybridized carbons (Fsp3) is 0.391. The predicted molar refractivity (Wildman–Crippen MR) is 109 cm³/mol. The second-order valence-corrected chi connectivity index (χ2v) is 7.39. The second kappa shape index (κ2) is 9.40. The van der Waals surface area contributed by atoms with E-state index in [2.05, 4.69) is 22.8 Å². The Balaban J connectivity index is 1.52. The van der Waals surface area contributed by atoms with Crippen molar-refractivity contribution in [3.8, 4) is 5.75 Å². The van der Waals surface area contributed by atoms with Crippen molar-refractivity contribution >= 4 is 11.8 Å². The highest BCUT2D eigenvalue weighted by Gasteiger charge is 2.36. The molecular weight excluding hydrogens is 352 g/mol. The maximum Gasteiger partial charge on any atom is 0.309 e. The summed E-state index contributed by atoms with van der Waals surface area (Å²) in [5, 5.41) is 5.56. The van der Waals surface area contributed by atoms with E-state index in [0.717, 1.165) is 37.0 Å². The Kier molecular flexibility index (Phi) is 6.69. The highest BCUT2D eigenvalue weighted by Crippen LogP contribution is 2.41. The van der Waals surface area contributed by atoms with Gasteiger partial charge in [0, 0.05) is 18.5 Å². The van der Waals surface area contributed by atoms with Crippen molar-refractivity contribution in [1.82, 2.24) is 10.6 Å². The quantitative estimate of drug-likeness (QED) is 0.726. The van der Waals surface area contributed by atoms with Crippen LogP contribution >= 0.6 is 0 Å². The molecule has 2 N–H and O–H groups in total. The summed E-state index contributed by atoms with van der Waals surface area (Å²) in [5.41, 5.74) is 2.22. The summed E-state index contributed by atoms with van der Waals surface area (Å²) in [6.45, 7) is 0.921. The number of carbonyl (C=O) groups excluding carboxylic acids is 2. The summed E-state index contributed by atoms with van der Waals surface area (Å²) in [7, 11) is 1.65. The molecule has 5 nitrogen and oxygen atoms in total. The molecule has 2 aromatic rings. The van der Waals surface area contributed by atoms with Gasteiger partial charge in [-0.25, -0.2) is 0 Å². The van der Waals surface area contributed by atoms with Gasteiger partial charge in [0.1, 0.15) is 5.75 Å². The summed E-state index contributed by atoms with van der Waals surface area (Å²) in [6, 6.07) is 17.9. The van der Waals surface area contributed by atoms with Crippen molar-refractivity contribution in [3.63, 3.8) is 0 Å². The molecule has 1 fully saturated rings. The number of methoxy groups -OCH3 is 1. The molecule has 0 unspecified atom stereocenters. The monoisotopic (exact) mass is 380 g/mol. The molecule has 2 amide bonds. The van der Waals surface area contributed by atoms with Crippen molar-refractivity contribution in [1.29, 1.82) is 0 Å².